The zero-order valence-electron chi connectivity index (χ0n) is 15.1. The number of amides is 2. The van der Waals surface area contributed by atoms with Crippen LogP contribution in [0.25, 0.3) is 10.4 Å². The van der Waals surface area contributed by atoms with Crippen LogP contribution in [0.4, 0.5) is 0 Å². The number of rotatable bonds is 5. The van der Waals surface area contributed by atoms with Gasteiger partial charge < -0.3 is 20.7 Å². The molecule has 1 aromatic carbocycles. The molecule has 2 heterocycles. The minimum Gasteiger partial charge on any atom is -0.374 e. The van der Waals surface area contributed by atoms with Crippen molar-refractivity contribution >= 4 is 35.6 Å². The molecule has 3 N–H and O–H groups in total. The molecular weight excluding hydrogens is 386 g/mol. The number of nitrogens with one attached hydrogen (secondary N) is 1. The molecule has 1 unspecified atom stereocenters. The van der Waals surface area contributed by atoms with E-state index in [0.29, 0.717) is 36.7 Å². The van der Waals surface area contributed by atoms with Gasteiger partial charge in [-0.2, -0.15) is 0 Å². The number of nitrogens with two attached hydrogens (primary N) is 1. The van der Waals surface area contributed by atoms with Crippen molar-refractivity contribution in [2.75, 3.05) is 33.3 Å². The van der Waals surface area contributed by atoms with Crippen LogP contribution in [0.2, 0.25) is 0 Å². The molecule has 146 valence electrons. The summed E-state index contributed by atoms with van der Waals surface area (Å²) >= 11 is 1.43. The lowest BCUT2D eigenvalue weighted by molar-refractivity contribution is -0.0236. The van der Waals surface area contributed by atoms with Crippen LogP contribution >= 0.6 is 23.7 Å². The van der Waals surface area contributed by atoms with E-state index in [1.54, 1.807) is 7.05 Å². The fraction of sp³-hybridized carbons (Fsp3) is 0.368. The third-order valence-electron chi connectivity index (χ3n) is 4.39. The Kier molecular flexibility index (Phi) is 7.79. The molecule has 6 nitrogen and oxygen atoms in total. The van der Waals surface area contributed by atoms with Crippen LogP contribution < -0.4 is 11.1 Å². The third kappa shape index (κ3) is 5.07. The number of benzene rings is 1. The molecule has 2 amide bonds. The van der Waals surface area contributed by atoms with Gasteiger partial charge in [-0.15, -0.1) is 23.7 Å². The number of morpholine rings is 1. The van der Waals surface area contributed by atoms with E-state index in [1.807, 2.05) is 41.3 Å². The van der Waals surface area contributed by atoms with Crippen LogP contribution in [0.15, 0.2) is 36.4 Å². The van der Waals surface area contributed by atoms with E-state index in [-0.39, 0.29) is 30.3 Å². The zero-order chi connectivity index (χ0) is 18.5. The Bertz CT molecular complexity index is 777. The topological polar surface area (TPSA) is 84.7 Å². The Balaban J connectivity index is 0.00000261. The van der Waals surface area contributed by atoms with Crippen LogP contribution in [0.5, 0.6) is 0 Å². The molecule has 27 heavy (non-hydrogen) atoms. The fourth-order valence-electron chi connectivity index (χ4n) is 2.96. The standard InChI is InChI=1S/C19H23N3O3S.ClH/c1-21-18(23)17-7-6-16(26-17)13-2-4-14(5-3-13)19(24)22-10-11-25-15(12-22)8-9-20;/h2-7,15H,8-12,20H2,1H3,(H,21,23);1H. The summed E-state index contributed by atoms with van der Waals surface area (Å²) in [6.45, 7) is 2.28. The highest BCUT2D eigenvalue weighted by Gasteiger charge is 2.24. The first-order chi connectivity index (χ1) is 12.6. The number of nitrogens with zero attached hydrogens (tertiary/aromatic N) is 1. The van der Waals surface area contributed by atoms with Gasteiger partial charge in [0.25, 0.3) is 11.8 Å². The van der Waals surface area contributed by atoms with Crippen molar-refractivity contribution in [1.82, 2.24) is 10.2 Å². The summed E-state index contributed by atoms with van der Waals surface area (Å²) in [4.78, 5) is 27.9. The highest BCUT2D eigenvalue weighted by atomic mass is 35.5. The number of carbonyl (C=O) groups excluding carboxylic acids is 2. The molecule has 1 saturated heterocycles. The summed E-state index contributed by atoms with van der Waals surface area (Å²) in [5.74, 6) is -0.0773. The van der Waals surface area contributed by atoms with Crippen LogP contribution in [-0.4, -0.2) is 56.1 Å². The molecule has 0 saturated carbocycles. The van der Waals surface area contributed by atoms with E-state index in [9.17, 15) is 9.59 Å². The molecule has 0 spiro atoms. The molecule has 0 bridgehead atoms. The molecule has 1 aromatic heterocycles. The quantitative estimate of drug-likeness (QED) is 0.794. The number of ether oxygens (including phenoxy) is 1. The molecule has 2 aromatic rings. The second kappa shape index (κ2) is 9.85. The van der Waals surface area contributed by atoms with E-state index in [1.165, 1.54) is 11.3 Å². The maximum absolute atomic E-state index is 12.7. The predicted octanol–water partition coefficient (Wildman–Crippen LogP) is 2.39. The maximum Gasteiger partial charge on any atom is 0.261 e. The fourth-order valence-corrected chi connectivity index (χ4v) is 3.92. The monoisotopic (exact) mass is 409 g/mol. The Labute approximate surface area is 169 Å². The van der Waals surface area contributed by atoms with Crippen molar-refractivity contribution in [2.45, 2.75) is 12.5 Å². The normalized spacial score (nSPS) is 16.5. The lowest BCUT2D eigenvalue weighted by Crippen LogP contribution is -2.46. The van der Waals surface area contributed by atoms with Crippen molar-refractivity contribution < 1.29 is 14.3 Å². The first kappa shape index (κ1) is 21.4. The van der Waals surface area contributed by atoms with Crippen molar-refractivity contribution in [2.24, 2.45) is 5.73 Å². The van der Waals surface area contributed by atoms with E-state index < -0.39 is 0 Å². The SMILES string of the molecule is CNC(=O)c1ccc(-c2ccc(C(=O)N3CCOC(CCN)C3)cc2)s1.Cl. The number of hydrogen-bond acceptors (Lipinski definition) is 5. The summed E-state index contributed by atoms with van der Waals surface area (Å²) in [5, 5.41) is 2.62. The minimum absolute atomic E-state index is 0. The van der Waals surface area contributed by atoms with Gasteiger partial charge in [0.05, 0.1) is 17.6 Å². The average Bonchev–Trinajstić information content (AvgIpc) is 3.17. The first-order valence-corrected chi connectivity index (χ1v) is 9.47. The van der Waals surface area contributed by atoms with Gasteiger partial charge in [-0.1, -0.05) is 12.1 Å². The summed E-state index contributed by atoms with van der Waals surface area (Å²) in [6, 6.07) is 11.2. The summed E-state index contributed by atoms with van der Waals surface area (Å²) in [5.41, 5.74) is 7.23. The number of hydrogen-bond donors (Lipinski definition) is 2. The maximum atomic E-state index is 12.7. The van der Waals surface area contributed by atoms with Gasteiger partial charge in [0.15, 0.2) is 0 Å². The molecule has 1 atom stereocenters. The first-order valence-electron chi connectivity index (χ1n) is 8.65. The highest BCUT2D eigenvalue weighted by molar-refractivity contribution is 7.17. The molecule has 0 aliphatic carbocycles. The Morgan fingerprint density at radius 3 is 2.67 bits per heavy atom. The van der Waals surface area contributed by atoms with Crippen LogP contribution in [0.1, 0.15) is 26.5 Å². The number of thiophene rings is 1. The van der Waals surface area contributed by atoms with Gasteiger partial charge in [0.2, 0.25) is 0 Å². The largest absolute Gasteiger partial charge is 0.374 e. The molecule has 1 fully saturated rings. The second-order valence-corrected chi connectivity index (χ2v) is 7.23. The third-order valence-corrected chi connectivity index (χ3v) is 5.52. The lowest BCUT2D eigenvalue weighted by atomic mass is 10.1. The van der Waals surface area contributed by atoms with Crippen LogP contribution in [0.3, 0.4) is 0 Å². The van der Waals surface area contributed by atoms with E-state index >= 15 is 0 Å². The minimum atomic E-state index is -0.0904. The summed E-state index contributed by atoms with van der Waals surface area (Å²) < 4.78 is 5.64. The van der Waals surface area contributed by atoms with Crippen LogP contribution in [0, 0.1) is 0 Å². The van der Waals surface area contributed by atoms with Gasteiger partial charge in [-0.25, -0.2) is 0 Å². The number of halogens is 1. The molecule has 0 radical (unpaired) electrons. The summed E-state index contributed by atoms with van der Waals surface area (Å²) in [6.07, 6.45) is 0.778. The highest BCUT2D eigenvalue weighted by Crippen LogP contribution is 2.28. The Morgan fingerprint density at radius 1 is 1.26 bits per heavy atom. The van der Waals surface area contributed by atoms with Gasteiger partial charge in [0, 0.05) is 30.6 Å². The molecule has 1 aliphatic rings. The van der Waals surface area contributed by atoms with Gasteiger partial charge in [-0.05, 0) is 42.8 Å². The smallest absolute Gasteiger partial charge is 0.261 e. The second-order valence-electron chi connectivity index (χ2n) is 6.14. The zero-order valence-corrected chi connectivity index (χ0v) is 16.8. The van der Waals surface area contributed by atoms with E-state index in [0.717, 1.165) is 16.9 Å². The molecule has 1 aliphatic heterocycles. The molecule has 8 heteroatoms. The van der Waals surface area contributed by atoms with Crippen molar-refractivity contribution in [1.29, 1.82) is 0 Å². The van der Waals surface area contributed by atoms with Crippen molar-refractivity contribution in [3.63, 3.8) is 0 Å². The van der Waals surface area contributed by atoms with Gasteiger partial charge in [-0.3, -0.25) is 9.59 Å². The Hall–Kier alpha value is -1.93. The van der Waals surface area contributed by atoms with Crippen molar-refractivity contribution in [3.05, 3.63) is 46.8 Å². The van der Waals surface area contributed by atoms with E-state index in [4.69, 9.17) is 10.5 Å². The van der Waals surface area contributed by atoms with E-state index in [2.05, 4.69) is 5.32 Å². The van der Waals surface area contributed by atoms with Gasteiger partial charge in [0.1, 0.15) is 0 Å². The van der Waals surface area contributed by atoms with Crippen LogP contribution in [-0.2, 0) is 4.74 Å². The molecule has 3 rings (SSSR count). The van der Waals surface area contributed by atoms with Crippen molar-refractivity contribution in [3.8, 4) is 10.4 Å². The predicted molar refractivity (Wildman–Crippen MR) is 110 cm³/mol. The molecular formula is C19H24ClN3O3S. The van der Waals surface area contributed by atoms with Gasteiger partial charge >= 0.3 is 0 Å². The summed E-state index contributed by atoms with van der Waals surface area (Å²) in [7, 11) is 1.62. The average molecular weight is 410 g/mol. The lowest BCUT2D eigenvalue weighted by Gasteiger charge is -2.33. The Morgan fingerprint density at radius 2 is 2.00 bits per heavy atom. The number of carbonyl (C=O) groups is 2.